The van der Waals surface area contributed by atoms with Crippen molar-refractivity contribution in [1.29, 1.82) is 0 Å². The van der Waals surface area contributed by atoms with E-state index in [9.17, 15) is 0 Å². The second-order valence-corrected chi connectivity index (χ2v) is 6.19. The molecular weight excluding hydrogens is 230 g/mol. The molecule has 1 aliphatic carbocycles. The van der Waals surface area contributed by atoms with Crippen LogP contribution in [0.4, 0.5) is 0 Å². The number of rotatable bonds is 8. The van der Waals surface area contributed by atoms with Gasteiger partial charge in [0, 0.05) is 12.6 Å². The third-order valence-corrected chi connectivity index (χ3v) is 4.94. The third kappa shape index (κ3) is 3.82. The molecular formula is C18H29N. The molecule has 1 N–H and O–H groups in total. The van der Waals surface area contributed by atoms with E-state index in [0.717, 1.165) is 0 Å². The molecule has 0 amide bonds. The van der Waals surface area contributed by atoms with Crippen LogP contribution in [-0.2, 0) is 0 Å². The molecule has 1 atom stereocenters. The molecule has 0 heterocycles. The highest BCUT2D eigenvalue weighted by atomic mass is 14.9. The van der Waals surface area contributed by atoms with Crippen LogP contribution in [0.1, 0.15) is 70.4 Å². The summed E-state index contributed by atoms with van der Waals surface area (Å²) < 4.78 is 0. The minimum absolute atomic E-state index is 0.546. The second-order valence-electron chi connectivity index (χ2n) is 6.19. The first kappa shape index (κ1) is 14.6. The standard InChI is InChI=1S/C18H29N/c1-3-5-12-17(16-10-7-6-8-11-16)19-15-18(4-2)13-9-14-18/h6-8,10-11,17,19H,3-5,9,12-15H2,1-2H3. The number of hydrogen-bond donors (Lipinski definition) is 1. The fraction of sp³-hybridized carbons (Fsp3) is 0.667. The largest absolute Gasteiger partial charge is 0.309 e. The molecule has 0 radical (unpaired) electrons. The number of benzene rings is 1. The fourth-order valence-corrected chi connectivity index (χ4v) is 3.15. The molecule has 1 nitrogen and oxygen atoms in total. The van der Waals surface area contributed by atoms with Gasteiger partial charge in [0.15, 0.2) is 0 Å². The van der Waals surface area contributed by atoms with Crippen molar-refractivity contribution in [3.63, 3.8) is 0 Å². The average molecular weight is 259 g/mol. The van der Waals surface area contributed by atoms with Crippen LogP contribution < -0.4 is 5.32 Å². The normalized spacial score (nSPS) is 18.8. The van der Waals surface area contributed by atoms with Crippen LogP contribution >= 0.6 is 0 Å². The highest BCUT2D eigenvalue weighted by Gasteiger charge is 2.35. The molecule has 0 bridgehead atoms. The van der Waals surface area contributed by atoms with Gasteiger partial charge in [0.1, 0.15) is 0 Å². The Morgan fingerprint density at radius 2 is 1.89 bits per heavy atom. The summed E-state index contributed by atoms with van der Waals surface area (Å²) in [5.41, 5.74) is 2.07. The van der Waals surface area contributed by atoms with Crippen molar-refractivity contribution in [2.24, 2.45) is 5.41 Å². The first-order valence-corrected chi connectivity index (χ1v) is 8.08. The predicted octanol–water partition coefficient (Wildman–Crippen LogP) is 5.09. The Balaban J connectivity index is 1.94. The maximum atomic E-state index is 3.86. The van der Waals surface area contributed by atoms with E-state index in [4.69, 9.17) is 0 Å². The van der Waals surface area contributed by atoms with Crippen LogP contribution in [-0.4, -0.2) is 6.54 Å². The molecule has 0 aliphatic heterocycles. The van der Waals surface area contributed by atoms with Crippen molar-refractivity contribution >= 4 is 0 Å². The van der Waals surface area contributed by atoms with Gasteiger partial charge in [-0.05, 0) is 36.7 Å². The second kappa shape index (κ2) is 7.09. The average Bonchev–Trinajstić information content (AvgIpc) is 2.42. The van der Waals surface area contributed by atoms with Crippen LogP contribution in [0.5, 0.6) is 0 Å². The van der Waals surface area contributed by atoms with Gasteiger partial charge in [0.05, 0.1) is 0 Å². The highest BCUT2D eigenvalue weighted by molar-refractivity contribution is 5.19. The van der Waals surface area contributed by atoms with Gasteiger partial charge in [-0.3, -0.25) is 0 Å². The molecule has 19 heavy (non-hydrogen) atoms. The molecule has 1 heteroatoms. The summed E-state index contributed by atoms with van der Waals surface area (Å²) in [4.78, 5) is 0. The van der Waals surface area contributed by atoms with E-state index in [0.29, 0.717) is 11.5 Å². The summed E-state index contributed by atoms with van der Waals surface area (Å²) in [6.45, 7) is 5.83. The lowest BCUT2D eigenvalue weighted by Crippen LogP contribution is -2.40. The lowest BCUT2D eigenvalue weighted by atomic mass is 9.67. The van der Waals surface area contributed by atoms with Gasteiger partial charge >= 0.3 is 0 Å². The summed E-state index contributed by atoms with van der Waals surface area (Å²) in [6, 6.07) is 11.5. The van der Waals surface area contributed by atoms with Crippen molar-refractivity contribution in [1.82, 2.24) is 5.32 Å². The fourth-order valence-electron chi connectivity index (χ4n) is 3.15. The van der Waals surface area contributed by atoms with Crippen molar-refractivity contribution in [3.8, 4) is 0 Å². The molecule has 106 valence electrons. The van der Waals surface area contributed by atoms with Crippen LogP contribution in [0.15, 0.2) is 30.3 Å². The van der Waals surface area contributed by atoms with E-state index in [1.165, 1.54) is 57.1 Å². The van der Waals surface area contributed by atoms with Crippen molar-refractivity contribution in [2.45, 2.75) is 64.8 Å². The number of hydrogen-bond acceptors (Lipinski definition) is 1. The van der Waals surface area contributed by atoms with E-state index < -0.39 is 0 Å². The molecule has 1 saturated carbocycles. The third-order valence-electron chi connectivity index (χ3n) is 4.94. The van der Waals surface area contributed by atoms with Gasteiger partial charge in [0.25, 0.3) is 0 Å². The van der Waals surface area contributed by atoms with E-state index in [1.807, 2.05) is 0 Å². The lowest BCUT2D eigenvalue weighted by molar-refractivity contribution is 0.118. The van der Waals surface area contributed by atoms with Crippen molar-refractivity contribution in [2.75, 3.05) is 6.54 Å². The summed E-state index contributed by atoms with van der Waals surface area (Å²) in [5.74, 6) is 0. The molecule has 1 aromatic carbocycles. The molecule has 0 spiro atoms. The lowest BCUT2D eigenvalue weighted by Gasteiger charge is -2.42. The Labute approximate surface area is 118 Å². The van der Waals surface area contributed by atoms with Gasteiger partial charge in [-0.15, -0.1) is 0 Å². The maximum Gasteiger partial charge on any atom is 0.0320 e. The van der Waals surface area contributed by atoms with E-state index >= 15 is 0 Å². The monoisotopic (exact) mass is 259 g/mol. The minimum Gasteiger partial charge on any atom is -0.309 e. The molecule has 0 aromatic heterocycles. The quantitative estimate of drug-likeness (QED) is 0.686. The summed E-state index contributed by atoms with van der Waals surface area (Å²) in [6.07, 6.45) is 9.46. The van der Waals surface area contributed by atoms with Gasteiger partial charge in [-0.25, -0.2) is 0 Å². The van der Waals surface area contributed by atoms with Gasteiger partial charge in [-0.2, -0.15) is 0 Å². The van der Waals surface area contributed by atoms with Crippen LogP contribution in [0.2, 0.25) is 0 Å². The zero-order valence-corrected chi connectivity index (χ0v) is 12.6. The maximum absolute atomic E-state index is 3.86. The summed E-state index contributed by atoms with van der Waals surface area (Å²) in [5, 5.41) is 3.86. The molecule has 1 unspecified atom stereocenters. The van der Waals surface area contributed by atoms with E-state index in [-0.39, 0.29) is 0 Å². The first-order valence-electron chi connectivity index (χ1n) is 8.08. The molecule has 1 aromatic rings. The van der Waals surface area contributed by atoms with E-state index in [2.05, 4.69) is 49.5 Å². The van der Waals surface area contributed by atoms with Crippen LogP contribution in [0.25, 0.3) is 0 Å². The number of nitrogens with one attached hydrogen (secondary N) is 1. The topological polar surface area (TPSA) is 12.0 Å². The zero-order chi connectivity index (χ0) is 13.6. The van der Waals surface area contributed by atoms with E-state index in [1.54, 1.807) is 0 Å². The minimum atomic E-state index is 0.546. The van der Waals surface area contributed by atoms with Crippen molar-refractivity contribution < 1.29 is 0 Å². The summed E-state index contributed by atoms with van der Waals surface area (Å²) in [7, 11) is 0. The SMILES string of the molecule is CCCCC(NCC1(CC)CCC1)c1ccccc1. The summed E-state index contributed by atoms with van der Waals surface area (Å²) >= 11 is 0. The highest BCUT2D eigenvalue weighted by Crippen LogP contribution is 2.43. The van der Waals surface area contributed by atoms with Gasteiger partial charge < -0.3 is 5.32 Å². The molecule has 1 aliphatic rings. The van der Waals surface area contributed by atoms with Gasteiger partial charge in [0.2, 0.25) is 0 Å². The Hall–Kier alpha value is -0.820. The number of unbranched alkanes of at least 4 members (excludes halogenated alkanes) is 1. The smallest absolute Gasteiger partial charge is 0.0320 e. The Bertz CT molecular complexity index is 348. The van der Waals surface area contributed by atoms with Crippen molar-refractivity contribution in [3.05, 3.63) is 35.9 Å². The Kier molecular flexibility index (Phi) is 5.45. The van der Waals surface area contributed by atoms with Crippen LogP contribution in [0, 0.1) is 5.41 Å². The Morgan fingerprint density at radius 1 is 1.16 bits per heavy atom. The zero-order valence-electron chi connectivity index (χ0n) is 12.6. The molecule has 0 saturated heterocycles. The van der Waals surface area contributed by atoms with Gasteiger partial charge in [-0.1, -0.05) is 63.4 Å². The molecule has 2 rings (SSSR count). The first-order chi connectivity index (χ1) is 9.29. The van der Waals surface area contributed by atoms with Crippen LogP contribution in [0.3, 0.4) is 0 Å². The Morgan fingerprint density at radius 3 is 2.42 bits per heavy atom. The predicted molar refractivity (Wildman–Crippen MR) is 83.3 cm³/mol. The molecule has 1 fully saturated rings.